The Morgan fingerprint density at radius 2 is 2.24 bits per heavy atom. The van der Waals surface area contributed by atoms with Gasteiger partial charge in [0.25, 0.3) is 0 Å². The lowest BCUT2D eigenvalue weighted by Gasteiger charge is -2.38. The first-order valence-electron chi connectivity index (χ1n) is 5.96. The quantitative estimate of drug-likeness (QED) is 0.609. The van der Waals surface area contributed by atoms with Crippen molar-refractivity contribution in [3.63, 3.8) is 0 Å². The summed E-state index contributed by atoms with van der Waals surface area (Å²) < 4.78 is 5.18. The minimum absolute atomic E-state index is 0.169. The molecule has 0 aromatic heterocycles. The molecule has 6 heteroatoms. The van der Waals surface area contributed by atoms with Gasteiger partial charge in [-0.2, -0.15) is 0 Å². The largest absolute Gasteiger partial charge is 0.481 e. The number of aliphatic carboxylic acids is 1. The summed E-state index contributed by atoms with van der Waals surface area (Å²) in [4.78, 5) is 22.9. The normalized spacial score (nSPS) is 26.9. The highest BCUT2D eigenvalue weighted by atomic mass is 16.5. The van der Waals surface area contributed by atoms with Crippen molar-refractivity contribution in [1.29, 1.82) is 0 Å². The predicted molar refractivity (Wildman–Crippen MR) is 59.5 cm³/mol. The van der Waals surface area contributed by atoms with Gasteiger partial charge < -0.3 is 20.5 Å². The Kier molecular flexibility index (Phi) is 3.63. The van der Waals surface area contributed by atoms with Gasteiger partial charge in [0.05, 0.1) is 18.6 Å². The highest BCUT2D eigenvalue weighted by Gasteiger charge is 2.44. The highest BCUT2D eigenvalue weighted by molar-refractivity contribution is 5.83. The number of ether oxygens (including phenoxy) is 1. The smallest absolute Gasteiger partial charge is 0.311 e. The van der Waals surface area contributed by atoms with Crippen LogP contribution in [0.4, 0.5) is 0 Å². The first-order valence-corrected chi connectivity index (χ1v) is 5.96. The van der Waals surface area contributed by atoms with E-state index < -0.39 is 11.4 Å². The molecule has 3 N–H and O–H groups in total. The minimum atomic E-state index is -0.808. The summed E-state index contributed by atoms with van der Waals surface area (Å²) in [6, 6.07) is -0.352. The molecule has 2 rings (SSSR count). The zero-order valence-corrected chi connectivity index (χ0v) is 9.70. The van der Waals surface area contributed by atoms with Crippen molar-refractivity contribution in [2.75, 3.05) is 26.3 Å². The Bertz CT molecular complexity index is 309. The maximum absolute atomic E-state index is 11.8. The van der Waals surface area contributed by atoms with Crippen LogP contribution in [-0.4, -0.2) is 49.3 Å². The fraction of sp³-hybridized carbons (Fsp3) is 0.818. The topological polar surface area (TPSA) is 87.7 Å². The van der Waals surface area contributed by atoms with Crippen LogP contribution in [-0.2, 0) is 14.3 Å². The molecule has 0 aromatic carbocycles. The number of carbonyl (C=O) groups is 2. The summed E-state index contributed by atoms with van der Waals surface area (Å²) in [6.07, 6.45) is 2.22. The summed E-state index contributed by atoms with van der Waals surface area (Å²) >= 11 is 0. The molecule has 1 aliphatic carbocycles. The number of nitrogens with one attached hydrogen (secondary N) is 2. The zero-order chi connectivity index (χ0) is 12.3. The molecule has 1 unspecified atom stereocenters. The summed E-state index contributed by atoms with van der Waals surface area (Å²) in [5.74, 6) is -0.978. The van der Waals surface area contributed by atoms with Gasteiger partial charge in [-0.25, -0.2) is 0 Å². The number of hydrogen-bond donors (Lipinski definition) is 3. The van der Waals surface area contributed by atoms with Crippen LogP contribution in [0.15, 0.2) is 0 Å². The van der Waals surface area contributed by atoms with Crippen molar-refractivity contribution in [1.82, 2.24) is 10.6 Å². The van der Waals surface area contributed by atoms with E-state index >= 15 is 0 Å². The molecular formula is C11H18N2O4. The molecule has 0 radical (unpaired) electrons. The number of rotatable bonds is 4. The van der Waals surface area contributed by atoms with E-state index in [1.54, 1.807) is 0 Å². The van der Waals surface area contributed by atoms with Crippen LogP contribution in [0.25, 0.3) is 0 Å². The lowest BCUT2D eigenvalue weighted by molar-refractivity contribution is -0.154. The first kappa shape index (κ1) is 12.3. The molecule has 0 bridgehead atoms. The molecular weight excluding hydrogens is 224 g/mol. The van der Waals surface area contributed by atoms with Crippen molar-refractivity contribution < 1.29 is 19.4 Å². The van der Waals surface area contributed by atoms with Crippen LogP contribution in [0, 0.1) is 5.41 Å². The van der Waals surface area contributed by atoms with E-state index in [1.165, 1.54) is 0 Å². The van der Waals surface area contributed by atoms with Gasteiger partial charge in [-0.1, -0.05) is 6.42 Å². The predicted octanol–water partition coefficient (Wildman–Crippen LogP) is -0.654. The van der Waals surface area contributed by atoms with E-state index in [0.717, 1.165) is 6.42 Å². The number of morpholine rings is 1. The third kappa shape index (κ3) is 2.58. The number of carboxylic acid groups (broad SMARTS) is 1. The molecule has 1 aliphatic heterocycles. The summed E-state index contributed by atoms with van der Waals surface area (Å²) in [5, 5.41) is 14.9. The molecule has 1 amide bonds. The van der Waals surface area contributed by atoms with Gasteiger partial charge in [0.2, 0.25) is 5.91 Å². The first-order chi connectivity index (χ1) is 8.14. The second kappa shape index (κ2) is 5.01. The van der Waals surface area contributed by atoms with Crippen molar-refractivity contribution in [2.45, 2.75) is 25.3 Å². The third-order valence-corrected chi connectivity index (χ3v) is 3.60. The molecule has 0 aromatic rings. The van der Waals surface area contributed by atoms with Gasteiger partial charge >= 0.3 is 5.97 Å². The third-order valence-electron chi connectivity index (χ3n) is 3.60. The van der Waals surface area contributed by atoms with Gasteiger partial charge in [-0.05, 0) is 12.8 Å². The maximum atomic E-state index is 11.8. The molecule has 2 aliphatic rings. The Hall–Kier alpha value is -1.14. The maximum Gasteiger partial charge on any atom is 0.311 e. The van der Waals surface area contributed by atoms with Crippen LogP contribution in [0.5, 0.6) is 0 Å². The van der Waals surface area contributed by atoms with Gasteiger partial charge in [0.1, 0.15) is 6.04 Å². The Morgan fingerprint density at radius 3 is 2.71 bits per heavy atom. The number of hydrogen-bond acceptors (Lipinski definition) is 4. The number of amides is 1. The SMILES string of the molecule is O=C(NCC1(C(=O)O)CCC1)C1COCCN1. The van der Waals surface area contributed by atoms with E-state index in [-0.39, 0.29) is 18.5 Å². The standard InChI is InChI=1S/C11H18N2O4/c14-9(8-6-17-5-4-12-8)13-7-11(10(15)16)2-1-3-11/h8,12H,1-7H2,(H,13,14)(H,15,16). The van der Waals surface area contributed by atoms with Gasteiger partial charge in [0.15, 0.2) is 0 Å². The second-order valence-corrected chi connectivity index (χ2v) is 4.74. The molecule has 17 heavy (non-hydrogen) atoms. The zero-order valence-electron chi connectivity index (χ0n) is 9.70. The lowest BCUT2D eigenvalue weighted by atomic mass is 9.69. The van der Waals surface area contributed by atoms with Crippen molar-refractivity contribution in [2.24, 2.45) is 5.41 Å². The fourth-order valence-electron chi connectivity index (χ4n) is 2.18. The highest BCUT2D eigenvalue weighted by Crippen LogP contribution is 2.40. The Balaban J connectivity index is 1.80. The lowest BCUT2D eigenvalue weighted by Crippen LogP contribution is -2.55. The van der Waals surface area contributed by atoms with Gasteiger partial charge in [-0.3, -0.25) is 9.59 Å². The van der Waals surface area contributed by atoms with Crippen molar-refractivity contribution in [3.8, 4) is 0 Å². The molecule has 1 saturated carbocycles. The summed E-state index contributed by atoms with van der Waals surface area (Å²) in [6.45, 7) is 1.84. The monoisotopic (exact) mass is 242 g/mol. The Morgan fingerprint density at radius 1 is 1.47 bits per heavy atom. The van der Waals surface area contributed by atoms with E-state index in [0.29, 0.717) is 32.6 Å². The minimum Gasteiger partial charge on any atom is -0.481 e. The second-order valence-electron chi connectivity index (χ2n) is 4.74. The van der Waals surface area contributed by atoms with Crippen molar-refractivity contribution in [3.05, 3.63) is 0 Å². The molecule has 0 spiro atoms. The van der Waals surface area contributed by atoms with Crippen molar-refractivity contribution >= 4 is 11.9 Å². The number of carboxylic acids is 1. The van der Waals surface area contributed by atoms with E-state index in [1.807, 2.05) is 0 Å². The van der Waals surface area contributed by atoms with Gasteiger partial charge in [-0.15, -0.1) is 0 Å². The molecule has 96 valence electrons. The van der Waals surface area contributed by atoms with Crippen LogP contribution in [0.2, 0.25) is 0 Å². The van der Waals surface area contributed by atoms with E-state index in [9.17, 15) is 9.59 Å². The fourth-order valence-corrected chi connectivity index (χ4v) is 2.18. The molecule has 1 atom stereocenters. The van der Waals surface area contributed by atoms with E-state index in [4.69, 9.17) is 9.84 Å². The molecule has 6 nitrogen and oxygen atoms in total. The average molecular weight is 242 g/mol. The van der Waals surface area contributed by atoms with Gasteiger partial charge in [0, 0.05) is 13.1 Å². The number of carbonyl (C=O) groups excluding carboxylic acids is 1. The molecule has 2 fully saturated rings. The van der Waals surface area contributed by atoms with Crippen LogP contribution >= 0.6 is 0 Å². The van der Waals surface area contributed by atoms with Crippen LogP contribution < -0.4 is 10.6 Å². The van der Waals surface area contributed by atoms with Crippen LogP contribution in [0.1, 0.15) is 19.3 Å². The van der Waals surface area contributed by atoms with E-state index in [2.05, 4.69) is 10.6 Å². The average Bonchev–Trinajstić information content (AvgIpc) is 2.28. The summed E-state index contributed by atoms with van der Waals surface area (Å²) in [7, 11) is 0. The molecule has 1 heterocycles. The summed E-state index contributed by atoms with van der Waals surface area (Å²) in [5.41, 5.74) is -0.731. The van der Waals surface area contributed by atoms with Crippen LogP contribution in [0.3, 0.4) is 0 Å². The Labute approximate surface area is 99.7 Å². The molecule has 1 saturated heterocycles.